The van der Waals surface area contributed by atoms with E-state index >= 15 is 0 Å². The first-order valence-electron chi connectivity index (χ1n) is 6.72. The Labute approximate surface area is 114 Å². The normalized spacial score (nSPS) is 10.9. The molecule has 2 aromatic heterocycles. The van der Waals surface area contributed by atoms with Gasteiger partial charge in [-0.3, -0.25) is 4.68 Å². The van der Waals surface area contributed by atoms with E-state index in [9.17, 15) is 0 Å². The molecule has 0 aliphatic rings. The van der Waals surface area contributed by atoms with Crippen molar-refractivity contribution < 1.29 is 0 Å². The molecule has 2 rings (SSSR count). The first-order valence-corrected chi connectivity index (χ1v) is 6.72. The topological polar surface area (TPSA) is 55.6 Å². The molecule has 5 heteroatoms. The number of nitrogens with zero attached hydrogens (tertiary/aromatic N) is 4. The summed E-state index contributed by atoms with van der Waals surface area (Å²) in [4.78, 5) is 8.93. The van der Waals surface area contributed by atoms with Crippen LogP contribution in [0.4, 0.5) is 5.95 Å². The molecule has 102 valence electrons. The molecule has 0 aliphatic heterocycles. The second-order valence-electron chi connectivity index (χ2n) is 4.96. The van der Waals surface area contributed by atoms with Crippen molar-refractivity contribution in [1.29, 1.82) is 0 Å². The fourth-order valence-corrected chi connectivity index (χ4v) is 1.84. The number of nitrogens with one attached hydrogen (secondary N) is 1. The Hall–Kier alpha value is -1.91. The van der Waals surface area contributed by atoms with Crippen molar-refractivity contribution in [3.63, 3.8) is 0 Å². The van der Waals surface area contributed by atoms with Gasteiger partial charge in [-0.05, 0) is 31.4 Å². The van der Waals surface area contributed by atoms with E-state index in [1.54, 1.807) is 6.20 Å². The third-order valence-electron chi connectivity index (χ3n) is 2.87. The van der Waals surface area contributed by atoms with Crippen molar-refractivity contribution in [2.24, 2.45) is 0 Å². The van der Waals surface area contributed by atoms with Gasteiger partial charge in [0.25, 0.3) is 0 Å². The maximum atomic E-state index is 4.52. The van der Waals surface area contributed by atoms with Crippen molar-refractivity contribution in [3.8, 4) is 0 Å². The standard InChI is InChI=1S/C14H21N5/c1-11(2)13-10-12(3)17-14(18-13)15-6-4-8-19-9-5-7-16-19/h5,7,9-11H,4,6,8H2,1-3H3,(H,15,17,18). The Balaban J connectivity index is 1.85. The largest absolute Gasteiger partial charge is 0.354 e. The van der Waals surface area contributed by atoms with Crippen LogP contribution in [0.5, 0.6) is 0 Å². The Kier molecular flexibility index (Phi) is 4.49. The van der Waals surface area contributed by atoms with E-state index in [1.807, 2.05) is 29.9 Å². The summed E-state index contributed by atoms with van der Waals surface area (Å²) in [5.41, 5.74) is 2.09. The van der Waals surface area contributed by atoms with Crippen LogP contribution in [0.25, 0.3) is 0 Å². The van der Waals surface area contributed by atoms with Gasteiger partial charge in [-0.1, -0.05) is 13.8 Å². The highest BCUT2D eigenvalue weighted by molar-refractivity contribution is 5.28. The van der Waals surface area contributed by atoms with Crippen LogP contribution in [-0.2, 0) is 6.54 Å². The van der Waals surface area contributed by atoms with E-state index in [2.05, 4.69) is 34.2 Å². The van der Waals surface area contributed by atoms with Gasteiger partial charge in [0.15, 0.2) is 0 Å². The molecule has 0 radical (unpaired) electrons. The minimum atomic E-state index is 0.423. The first-order chi connectivity index (χ1) is 9.15. The fraction of sp³-hybridized carbons (Fsp3) is 0.500. The van der Waals surface area contributed by atoms with Crippen LogP contribution >= 0.6 is 0 Å². The number of aryl methyl sites for hydroxylation is 2. The van der Waals surface area contributed by atoms with Gasteiger partial charge in [0.1, 0.15) is 0 Å². The molecule has 0 saturated heterocycles. The second kappa shape index (κ2) is 6.31. The second-order valence-corrected chi connectivity index (χ2v) is 4.96. The molecule has 19 heavy (non-hydrogen) atoms. The monoisotopic (exact) mass is 259 g/mol. The van der Waals surface area contributed by atoms with Crippen LogP contribution in [0.2, 0.25) is 0 Å². The molecule has 0 unspecified atom stereocenters. The molecule has 1 N–H and O–H groups in total. The quantitative estimate of drug-likeness (QED) is 0.810. The van der Waals surface area contributed by atoms with Crippen molar-refractivity contribution in [2.45, 2.75) is 39.7 Å². The summed E-state index contributed by atoms with van der Waals surface area (Å²) >= 11 is 0. The van der Waals surface area contributed by atoms with Gasteiger partial charge >= 0.3 is 0 Å². The molecule has 2 heterocycles. The summed E-state index contributed by atoms with van der Waals surface area (Å²) in [5, 5.41) is 7.45. The van der Waals surface area contributed by atoms with Gasteiger partial charge in [-0.2, -0.15) is 5.10 Å². The first kappa shape index (κ1) is 13.5. The summed E-state index contributed by atoms with van der Waals surface area (Å²) in [6, 6.07) is 3.98. The molecule has 0 saturated carbocycles. The fourth-order valence-electron chi connectivity index (χ4n) is 1.84. The zero-order valence-electron chi connectivity index (χ0n) is 11.8. The summed E-state index contributed by atoms with van der Waals surface area (Å²) in [6.45, 7) is 8.04. The van der Waals surface area contributed by atoms with Crippen molar-refractivity contribution in [2.75, 3.05) is 11.9 Å². The van der Waals surface area contributed by atoms with Crippen LogP contribution in [0.1, 0.15) is 37.6 Å². The number of hydrogen-bond donors (Lipinski definition) is 1. The minimum Gasteiger partial charge on any atom is -0.354 e. The van der Waals surface area contributed by atoms with Crippen molar-refractivity contribution in [1.82, 2.24) is 19.7 Å². The lowest BCUT2D eigenvalue weighted by Crippen LogP contribution is -2.10. The Morgan fingerprint density at radius 2 is 2.16 bits per heavy atom. The molecule has 0 amide bonds. The molecule has 0 aromatic carbocycles. The molecular formula is C14H21N5. The molecule has 0 fully saturated rings. The average Bonchev–Trinajstić information content (AvgIpc) is 2.87. The highest BCUT2D eigenvalue weighted by Crippen LogP contribution is 2.14. The lowest BCUT2D eigenvalue weighted by Gasteiger charge is -2.10. The number of anilines is 1. The van der Waals surface area contributed by atoms with Gasteiger partial charge in [0, 0.05) is 36.9 Å². The molecule has 0 spiro atoms. The summed E-state index contributed by atoms with van der Waals surface area (Å²) in [7, 11) is 0. The Morgan fingerprint density at radius 1 is 1.32 bits per heavy atom. The number of hydrogen-bond acceptors (Lipinski definition) is 4. The van der Waals surface area contributed by atoms with E-state index in [0.29, 0.717) is 5.92 Å². The third-order valence-corrected chi connectivity index (χ3v) is 2.87. The van der Waals surface area contributed by atoms with Crippen LogP contribution < -0.4 is 5.32 Å². The van der Waals surface area contributed by atoms with E-state index in [4.69, 9.17) is 0 Å². The highest BCUT2D eigenvalue weighted by atomic mass is 15.3. The zero-order chi connectivity index (χ0) is 13.7. The van der Waals surface area contributed by atoms with Gasteiger partial charge in [-0.25, -0.2) is 9.97 Å². The van der Waals surface area contributed by atoms with Crippen LogP contribution in [0, 0.1) is 6.92 Å². The number of rotatable bonds is 6. The molecule has 0 atom stereocenters. The Morgan fingerprint density at radius 3 is 2.84 bits per heavy atom. The molecule has 5 nitrogen and oxygen atoms in total. The minimum absolute atomic E-state index is 0.423. The van der Waals surface area contributed by atoms with Crippen LogP contribution in [0.3, 0.4) is 0 Å². The predicted octanol–water partition coefficient (Wildman–Crippen LogP) is 2.61. The lowest BCUT2D eigenvalue weighted by molar-refractivity contribution is 0.590. The highest BCUT2D eigenvalue weighted by Gasteiger charge is 2.05. The lowest BCUT2D eigenvalue weighted by atomic mass is 10.1. The van der Waals surface area contributed by atoms with Gasteiger partial charge in [0.2, 0.25) is 5.95 Å². The van der Waals surface area contributed by atoms with E-state index in [0.717, 1.165) is 36.8 Å². The van der Waals surface area contributed by atoms with Crippen LogP contribution in [0.15, 0.2) is 24.5 Å². The van der Waals surface area contributed by atoms with Crippen LogP contribution in [-0.4, -0.2) is 26.3 Å². The maximum Gasteiger partial charge on any atom is 0.223 e. The van der Waals surface area contributed by atoms with Gasteiger partial charge in [0.05, 0.1) is 0 Å². The number of aromatic nitrogens is 4. The molecule has 2 aromatic rings. The van der Waals surface area contributed by atoms with Crippen molar-refractivity contribution >= 4 is 5.95 Å². The Bertz CT molecular complexity index is 505. The predicted molar refractivity (Wildman–Crippen MR) is 76.2 cm³/mol. The smallest absolute Gasteiger partial charge is 0.223 e. The van der Waals surface area contributed by atoms with Crippen molar-refractivity contribution in [3.05, 3.63) is 35.9 Å². The van der Waals surface area contributed by atoms with E-state index < -0.39 is 0 Å². The zero-order valence-corrected chi connectivity index (χ0v) is 11.8. The average molecular weight is 259 g/mol. The van der Waals surface area contributed by atoms with Gasteiger partial charge in [-0.15, -0.1) is 0 Å². The summed E-state index contributed by atoms with van der Waals surface area (Å²) < 4.78 is 1.93. The third kappa shape index (κ3) is 4.05. The SMILES string of the molecule is Cc1cc(C(C)C)nc(NCCCn2cccn2)n1. The van der Waals surface area contributed by atoms with E-state index in [1.165, 1.54) is 0 Å². The molecule has 0 bridgehead atoms. The molecule has 0 aliphatic carbocycles. The van der Waals surface area contributed by atoms with Gasteiger partial charge < -0.3 is 5.32 Å². The summed E-state index contributed by atoms with van der Waals surface area (Å²) in [5.74, 6) is 1.15. The summed E-state index contributed by atoms with van der Waals surface area (Å²) in [6.07, 6.45) is 4.77. The maximum absolute atomic E-state index is 4.52. The molecular weight excluding hydrogens is 238 g/mol. The van der Waals surface area contributed by atoms with E-state index in [-0.39, 0.29) is 0 Å².